The predicted molar refractivity (Wildman–Crippen MR) is 57.4 cm³/mol. The molecule has 1 unspecified atom stereocenters. The van der Waals surface area contributed by atoms with Crippen molar-refractivity contribution in [1.29, 1.82) is 0 Å². The molecule has 66 valence electrons. The third kappa shape index (κ3) is 7.04. The lowest BCUT2D eigenvalue weighted by atomic mass is 10.6. The van der Waals surface area contributed by atoms with Gasteiger partial charge in [-0.05, 0) is 25.7 Å². The minimum absolute atomic E-state index is 0.608. The van der Waals surface area contributed by atoms with Crippen molar-refractivity contribution in [3.63, 3.8) is 0 Å². The molecule has 2 N–H and O–H groups in total. The molecule has 0 aliphatic heterocycles. The van der Waals surface area contributed by atoms with Crippen LogP contribution >= 0.6 is 17.0 Å². The van der Waals surface area contributed by atoms with Gasteiger partial charge in [0, 0.05) is 5.75 Å². The summed E-state index contributed by atoms with van der Waals surface area (Å²) in [5.74, 6) is 0.851. The molecule has 1 atom stereocenters. The lowest BCUT2D eigenvalue weighted by Crippen LogP contribution is -1.95. The van der Waals surface area contributed by atoms with Crippen molar-refractivity contribution in [2.24, 2.45) is 5.50 Å². The van der Waals surface area contributed by atoms with Gasteiger partial charge >= 0.3 is 0 Å². The van der Waals surface area contributed by atoms with E-state index >= 15 is 0 Å². The molecule has 0 aromatic rings. The molecule has 0 amide bonds. The van der Waals surface area contributed by atoms with Crippen LogP contribution in [0, 0.1) is 0 Å². The fraction of sp³-hybridized carbons (Fsp3) is 0.667. The molecule has 0 aliphatic carbocycles. The van der Waals surface area contributed by atoms with E-state index in [1.165, 1.54) is 11.4 Å². The average molecular weight is 211 g/mol. The van der Waals surface area contributed by atoms with Crippen LogP contribution in [0.5, 0.6) is 0 Å². The van der Waals surface area contributed by atoms with Gasteiger partial charge in [-0.3, -0.25) is 5.50 Å². The maximum atomic E-state index is 5.70. The molecule has 0 bridgehead atoms. The van der Waals surface area contributed by atoms with E-state index in [1.54, 1.807) is 0 Å². The zero-order valence-corrected chi connectivity index (χ0v) is 9.35. The van der Waals surface area contributed by atoms with E-state index in [1.807, 2.05) is 26.0 Å². The predicted octanol–water partition coefficient (Wildman–Crippen LogP) is 2.52. The standard InChI is InChI=1S/C6H14NOPS2/c1-3-5-6-11-9(7,10)8-4-2/h3,5H,4,6H2,1-2H3,(H2,7,10). The Labute approximate surface area is 77.5 Å². The molecule has 0 aliphatic rings. The van der Waals surface area contributed by atoms with E-state index in [2.05, 4.69) is 0 Å². The first-order chi connectivity index (χ1) is 5.12. The van der Waals surface area contributed by atoms with Crippen LogP contribution in [0.25, 0.3) is 0 Å². The summed E-state index contributed by atoms with van der Waals surface area (Å²) in [6.45, 7) is 4.49. The van der Waals surface area contributed by atoms with E-state index < -0.39 is 5.62 Å². The summed E-state index contributed by atoms with van der Waals surface area (Å²) in [6.07, 6.45) is 4.01. The van der Waals surface area contributed by atoms with Crippen LogP contribution in [0.2, 0.25) is 0 Å². The molecule has 0 rings (SSSR count). The average Bonchev–Trinajstić information content (AvgIpc) is 1.87. The maximum Gasteiger partial charge on any atom is 0.183 e. The van der Waals surface area contributed by atoms with Crippen molar-refractivity contribution in [3.05, 3.63) is 12.2 Å². The highest BCUT2D eigenvalue weighted by atomic mass is 32.9. The molecule has 2 nitrogen and oxygen atoms in total. The van der Waals surface area contributed by atoms with Crippen molar-refractivity contribution in [2.45, 2.75) is 13.8 Å². The number of hydrogen-bond acceptors (Lipinski definition) is 3. The number of hydrogen-bond donors (Lipinski definition) is 1. The van der Waals surface area contributed by atoms with Gasteiger partial charge in [0.2, 0.25) is 0 Å². The Bertz CT molecular complexity index is 172. The quantitative estimate of drug-likeness (QED) is 0.560. The maximum absolute atomic E-state index is 5.70. The van der Waals surface area contributed by atoms with E-state index in [4.69, 9.17) is 21.8 Å². The summed E-state index contributed by atoms with van der Waals surface area (Å²) in [5, 5.41) is 0. The highest BCUT2D eigenvalue weighted by molar-refractivity contribution is 8.68. The van der Waals surface area contributed by atoms with Gasteiger partial charge < -0.3 is 4.52 Å². The van der Waals surface area contributed by atoms with Crippen molar-refractivity contribution < 1.29 is 4.52 Å². The summed E-state index contributed by atoms with van der Waals surface area (Å²) in [6, 6.07) is 0. The molecule has 0 aromatic heterocycles. The summed E-state index contributed by atoms with van der Waals surface area (Å²) >= 11 is 6.57. The monoisotopic (exact) mass is 211 g/mol. The first-order valence-electron chi connectivity index (χ1n) is 3.41. The van der Waals surface area contributed by atoms with E-state index in [9.17, 15) is 0 Å². The summed E-state index contributed by atoms with van der Waals surface area (Å²) in [7, 11) is 0. The molecule has 0 heterocycles. The normalized spacial score (nSPS) is 17.0. The number of rotatable bonds is 5. The lowest BCUT2D eigenvalue weighted by molar-refractivity contribution is 0.385. The van der Waals surface area contributed by atoms with Crippen LogP contribution in [-0.4, -0.2) is 12.4 Å². The SMILES string of the molecule is CC=CCSP(N)(=S)OCC. The second-order valence-electron chi connectivity index (χ2n) is 1.82. The third-order valence-corrected chi connectivity index (χ3v) is 5.32. The Morgan fingerprint density at radius 1 is 1.73 bits per heavy atom. The molecule has 0 fully saturated rings. The Balaban J connectivity index is 3.64. The van der Waals surface area contributed by atoms with E-state index in [0.29, 0.717) is 6.61 Å². The van der Waals surface area contributed by atoms with Crippen molar-refractivity contribution in [1.82, 2.24) is 0 Å². The zero-order chi connectivity index (χ0) is 8.74. The lowest BCUT2D eigenvalue weighted by Gasteiger charge is -2.13. The van der Waals surface area contributed by atoms with Crippen LogP contribution in [0.15, 0.2) is 12.2 Å². The minimum atomic E-state index is -2.02. The number of nitrogens with two attached hydrogens (primary N) is 1. The zero-order valence-electron chi connectivity index (χ0n) is 6.82. The van der Waals surface area contributed by atoms with Crippen molar-refractivity contribution in [3.8, 4) is 0 Å². The summed E-state index contributed by atoms with van der Waals surface area (Å²) < 4.78 is 5.21. The molecular formula is C6H14NOPS2. The first-order valence-corrected chi connectivity index (χ1v) is 7.79. The molecule has 5 heteroatoms. The second-order valence-corrected chi connectivity index (χ2v) is 8.47. The third-order valence-electron chi connectivity index (χ3n) is 0.895. The Hall–Kier alpha value is 0.660. The van der Waals surface area contributed by atoms with Crippen LogP contribution in [0.1, 0.15) is 13.8 Å². The van der Waals surface area contributed by atoms with Crippen molar-refractivity contribution in [2.75, 3.05) is 12.4 Å². The summed E-state index contributed by atoms with van der Waals surface area (Å²) in [4.78, 5) is 0. The fourth-order valence-electron chi connectivity index (χ4n) is 0.460. The highest BCUT2D eigenvalue weighted by Gasteiger charge is 2.08. The van der Waals surface area contributed by atoms with Gasteiger partial charge in [-0.15, -0.1) is 0 Å². The van der Waals surface area contributed by atoms with Gasteiger partial charge in [0.1, 0.15) is 0 Å². The Morgan fingerprint density at radius 3 is 2.82 bits per heavy atom. The molecule has 0 spiro atoms. The van der Waals surface area contributed by atoms with Crippen LogP contribution in [0.4, 0.5) is 0 Å². The molecule has 0 saturated heterocycles. The Kier molecular flexibility index (Phi) is 6.58. The van der Waals surface area contributed by atoms with Gasteiger partial charge in [0.15, 0.2) is 5.62 Å². The first kappa shape index (κ1) is 11.7. The number of allylic oxidation sites excluding steroid dienone is 1. The fourth-order valence-corrected chi connectivity index (χ4v) is 3.67. The molecular weight excluding hydrogens is 197 g/mol. The van der Waals surface area contributed by atoms with Crippen LogP contribution < -0.4 is 5.50 Å². The topological polar surface area (TPSA) is 35.2 Å². The Morgan fingerprint density at radius 2 is 2.36 bits per heavy atom. The molecule has 0 radical (unpaired) electrons. The van der Waals surface area contributed by atoms with Gasteiger partial charge in [0.05, 0.1) is 6.61 Å². The molecule has 0 saturated carbocycles. The van der Waals surface area contributed by atoms with Gasteiger partial charge in [-0.25, -0.2) is 0 Å². The van der Waals surface area contributed by atoms with Crippen LogP contribution in [-0.2, 0) is 16.3 Å². The van der Waals surface area contributed by atoms with Gasteiger partial charge in [-0.2, -0.15) is 0 Å². The second kappa shape index (κ2) is 6.21. The molecule has 11 heavy (non-hydrogen) atoms. The minimum Gasteiger partial charge on any atom is -0.331 e. The highest BCUT2D eigenvalue weighted by Crippen LogP contribution is 2.52. The smallest absolute Gasteiger partial charge is 0.183 e. The van der Waals surface area contributed by atoms with E-state index in [0.717, 1.165) is 5.75 Å². The largest absolute Gasteiger partial charge is 0.331 e. The van der Waals surface area contributed by atoms with Gasteiger partial charge in [-0.1, -0.05) is 23.5 Å². The summed E-state index contributed by atoms with van der Waals surface area (Å²) in [5.41, 5.74) is 3.68. The van der Waals surface area contributed by atoms with Gasteiger partial charge in [0.25, 0.3) is 0 Å². The van der Waals surface area contributed by atoms with Crippen molar-refractivity contribution >= 4 is 28.8 Å². The van der Waals surface area contributed by atoms with E-state index in [-0.39, 0.29) is 0 Å². The molecule has 0 aromatic carbocycles. The van der Waals surface area contributed by atoms with Crippen LogP contribution in [0.3, 0.4) is 0 Å².